The van der Waals surface area contributed by atoms with Crippen LogP contribution in [0.5, 0.6) is 11.5 Å². The van der Waals surface area contributed by atoms with Crippen molar-refractivity contribution in [3.63, 3.8) is 0 Å². The quantitative estimate of drug-likeness (QED) is 0.164. The van der Waals surface area contributed by atoms with Gasteiger partial charge in [-0.25, -0.2) is 9.97 Å². The van der Waals surface area contributed by atoms with Crippen molar-refractivity contribution in [2.45, 2.75) is 0 Å². The van der Waals surface area contributed by atoms with E-state index in [-0.39, 0.29) is 0 Å². The van der Waals surface area contributed by atoms with Crippen molar-refractivity contribution in [3.8, 4) is 57.7 Å². The molecule has 0 fully saturated rings. The van der Waals surface area contributed by atoms with Gasteiger partial charge < -0.3 is 10.5 Å². The molecule has 216 valence electrons. The molecule has 1 aromatic heterocycles. The Morgan fingerprint density at radius 1 is 0.413 bits per heavy atom. The minimum Gasteiger partial charge on any atom is -0.457 e. The van der Waals surface area contributed by atoms with Gasteiger partial charge in [-0.2, -0.15) is 0 Å². The third-order valence-electron chi connectivity index (χ3n) is 7.32. The molecule has 7 aromatic rings. The molecule has 0 saturated carbocycles. The van der Waals surface area contributed by atoms with Crippen LogP contribution in [0.25, 0.3) is 33.5 Å². The zero-order chi connectivity index (χ0) is 31.1. The summed E-state index contributed by atoms with van der Waals surface area (Å²) in [6.07, 6.45) is 0. The van der Waals surface area contributed by atoms with Gasteiger partial charge in [0.05, 0.1) is 22.4 Å². The first-order valence-corrected chi connectivity index (χ1v) is 14.9. The molecule has 0 atom stereocenters. The Morgan fingerprint density at radius 3 is 1.35 bits per heavy atom. The van der Waals surface area contributed by atoms with Crippen molar-refractivity contribution in [1.82, 2.24) is 9.97 Å². The Hall–Kier alpha value is -6.62. The second kappa shape index (κ2) is 12.9. The molecule has 0 spiro atoms. The zero-order valence-electron chi connectivity index (χ0n) is 24.8. The van der Waals surface area contributed by atoms with Gasteiger partial charge in [0.2, 0.25) is 0 Å². The molecule has 46 heavy (non-hydrogen) atoms. The number of rotatable bonds is 4. The number of aromatic nitrogens is 2. The molecule has 0 aliphatic rings. The molecule has 0 aliphatic carbocycles. The summed E-state index contributed by atoms with van der Waals surface area (Å²) in [5.74, 6) is 14.3. The molecule has 0 aliphatic heterocycles. The summed E-state index contributed by atoms with van der Waals surface area (Å²) in [5.41, 5.74) is 15.2. The number of fused-ring (bicyclic) bond motifs is 1. The average Bonchev–Trinajstić information content (AvgIpc) is 3.12. The molecule has 2 N–H and O–H groups in total. The summed E-state index contributed by atoms with van der Waals surface area (Å²) >= 11 is 0. The normalized spacial score (nSPS) is 10.3. The highest BCUT2D eigenvalue weighted by atomic mass is 16.5. The highest BCUT2D eigenvalue weighted by Crippen LogP contribution is 2.33. The Morgan fingerprint density at radius 2 is 0.848 bits per heavy atom. The first kappa shape index (κ1) is 28.2. The lowest BCUT2D eigenvalue weighted by atomic mass is 10.0. The Bertz CT molecular complexity index is 2260. The van der Waals surface area contributed by atoms with Gasteiger partial charge in [-0.3, -0.25) is 0 Å². The minimum absolute atomic E-state index is 0.665. The van der Waals surface area contributed by atoms with E-state index in [1.165, 1.54) is 0 Å². The van der Waals surface area contributed by atoms with Crippen LogP contribution in [0.2, 0.25) is 0 Å². The second-order valence-corrected chi connectivity index (χ2v) is 10.6. The SMILES string of the molecule is Nc1ccc(Oc2ccc3nc(-c4ccc(C#Cc5ccccc5)cc4)c(-c4ccc(C#Cc5ccccc5)cc4)nc3c2)cc1. The number of hydrogen-bond acceptors (Lipinski definition) is 4. The molecular formula is C42H27N3O. The Kier molecular flexibility index (Phi) is 7.92. The highest BCUT2D eigenvalue weighted by molar-refractivity contribution is 5.87. The van der Waals surface area contributed by atoms with E-state index in [4.69, 9.17) is 20.4 Å². The summed E-state index contributed by atoms with van der Waals surface area (Å²) < 4.78 is 6.10. The third-order valence-corrected chi connectivity index (χ3v) is 7.32. The van der Waals surface area contributed by atoms with E-state index in [1.54, 1.807) is 0 Å². The van der Waals surface area contributed by atoms with Crippen molar-refractivity contribution in [2.24, 2.45) is 0 Å². The van der Waals surface area contributed by atoms with Gasteiger partial charge in [0.1, 0.15) is 11.5 Å². The zero-order valence-corrected chi connectivity index (χ0v) is 24.8. The number of nitrogen functional groups attached to an aromatic ring is 1. The number of hydrogen-bond donors (Lipinski definition) is 1. The van der Waals surface area contributed by atoms with Crippen LogP contribution >= 0.6 is 0 Å². The van der Waals surface area contributed by atoms with Crippen molar-refractivity contribution >= 4 is 16.7 Å². The Labute approximate surface area is 268 Å². The first-order valence-electron chi connectivity index (χ1n) is 14.9. The average molecular weight is 590 g/mol. The summed E-state index contributed by atoms with van der Waals surface area (Å²) in [5, 5.41) is 0. The standard InChI is InChI=1S/C42H27N3O/c43-36-23-25-37(26-24-36)46-38-27-28-39-40(29-38)45-42(35-21-17-33(18-22-35)14-12-31-9-5-2-6-10-31)41(44-39)34-19-15-32(16-20-34)13-11-30-7-3-1-4-8-30/h1-10,15-29H,43H2. The molecular weight excluding hydrogens is 562 g/mol. The molecule has 0 radical (unpaired) electrons. The van der Waals surface area contributed by atoms with Crippen molar-refractivity contribution < 1.29 is 4.74 Å². The maximum atomic E-state index is 6.10. The Balaban J connectivity index is 1.26. The summed E-state index contributed by atoms with van der Waals surface area (Å²) in [6, 6.07) is 49.3. The maximum Gasteiger partial charge on any atom is 0.129 e. The molecule has 1 heterocycles. The van der Waals surface area contributed by atoms with Gasteiger partial charge in [-0.1, -0.05) is 84.3 Å². The van der Waals surface area contributed by atoms with Crippen LogP contribution in [-0.2, 0) is 0 Å². The molecule has 0 saturated heterocycles. The number of anilines is 1. The topological polar surface area (TPSA) is 61.0 Å². The number of benzene rings is 6. The molecule has 4 nitrogen and oxygen atoms in total. The lowest BCUT2D eigenvalue weighted by Gasteiger charge is -2.12. The van der Waals surface area contributed by atoms with E-state index in [2.05, 4.69) is 23.7 Å². The van der Waals surface area contributed by atoms with E-state index in [1.807, 2.05) is 152 Å². The summed E-state index contributed by atoms with van der Waals surface area (Å²) in [6.45, 7) is 0. The van der Waals surface area contributed by atoms with Crippen LogP contribution in [0.3, 0.4) is 0 Å². The fourth-order valence-electron chi connectivity index (χ4n) is 4.93. The molecule has 4 heteroatoms. The van der Waals surface area contributed by atoms with E-state index in [0.29, 0.717) is 17.2 Å². The second-order valence-electron chi connectivity index (χ2n) is 10.6. The molecule has 0 bridgehead atoms. The van der Waals surface area contributed by atoms with Crippen LogP contribution in [0.15, 0.2) is 152 Å². The van der Waals surface area contributed by atoms with Crippen LogP contribution in [-0.4, -0.2) is 9.97 Å². The highest BCUT2D eigenvalue weighted by Gasteiger charge is 2.14. The van der Waals surface area contributed by atoms with E-state index >= 15 is 0 Å². The van der Waals surface area contributed by atoms with Crippen molar-refractivity contribution in [2.75, 3.05) is 5.73 Å². The van der Waals surface area contributed by atoms with Crippen LogP contribution in [0.1, 0.15) is 22.3 Å². The largest absolute Gasteiger partial charge is 0.457 e. The van der Waals surface area contributed by atoms with Gasteiger partial charge in [0.25, 0.3) is 0 Å². The number of nitrogens with two attached hydrogens (primary N) is 1. The van der Waals surface area contributed by atoms with Gasteiger partial charge in [-0.15, -0.1) is 0 Å². The smallest absolute Gasteiger partial charge is 0.129 e. The number of ether oxygens (including phenoxy) is 1. The molecule has 0 amide bonds. The first-order chi connectivity index (χ1) is 22.7. The predicted molar refractivity (Wildman–Crippen MR) is 186 cm³/mol. The van der Waals surface area contributed by atoms with Crippen LogP contribution in [0, 0.1) is 23.7 Å². The van der Waals surface area contributed by atoms with Gasteiger partial charge >= 0.3 is 0 Å². The van der Waals surface area contributed by atoms with E-state index < -0.39 is 0 Å². The van der Waals surface area contributed by atoms with Crippen LogP contribution < -0.4 is 10.5 Å². The summed E-state index contributed by atoms with van der Waals surface area (Å²) in [7, 11) is 0. The fraction of sp³-hybridized carbons (Fsp3) is 0. The van der Waals surface area contributed by atoms with Gasteiger partial charge in [-0.05, 0) is 84.9 Å². The number of nitrogens with zero attached hydrogens (tertiary/aromatic N) is 2. The minimum atomic E-state index is 0.665. The monoisotopic (exact) mass is 589 g/mol. The van der Waals surface area contributed by atoms with Crippen molar-refractivity contribution in [1.29, 1.82) is 0 Å². The third kappa shape index (κ3) is 6.63. The van der Waals surface area contributed by atoms with Crippen molar-refractivity contribution in [3.05, 3.63) is 174 Å². The van der Waals surface area contributed by atoms with E-state index in [9.17, 15) is 0 Å². The van der Waals surface area contributed by atoms with E-state index in [0.717, 1.165) is 55.8 Å². The van der Waals surface area contributed by atoms with Gasteiger partial charge in [0, 0.05) is 45.1 Å². The molecule has 0 unspecified atom stereocenters. The molecule has 6 aromatic carbocycles. The summed E-state index contributed by atoms with van der Waals surface area (Å²) in [4.78, 5) is 10.2. The maximum absolute atomic E-state index is 6.10. The molecule has 7 rings (SSSR count). The lowest BCUT2D eigenvalue weighted by molar-refractivity contribution is 0.483. The fourth-order valence-corrected chi connectivity index (χ4v) is 4.93. The van der Waals surface area contributed by atoms with Crippen LogP contribution in [0.4, 0.5) is 5.69 Å². The van der Waals surface area contributed by atoms with Gasteiger partial charge in [0.15, 0.2) is 0 Å². The lowest BCUT2D eigenvalue weighted by Crippen LogP contribution is -1.96. The predicted octanol–water partition coefficient (Wildman–Crippen LogP) is 9.14.